The minimum Gasteiger partial charge on any atom is -0.502 e. The molecule has 1 saturated carbocycles. The number of fused-ring (bicyclic) bond motifs is 3. The molecule has 2 unspecified atom stereocenters. The summed E-state index contributed by atoms with van der Waals surface area (Å²) in [5, 5.41) is 13.0. The number of benzene rings is 2. The smallest absolute Gasteiger partial charge is 0.278 e. The van der Waals surface area contributed by atoms with Gasteiger partial charge in [0.25, 0.3) is 5.91 Å². The Kier molecular flexibility index (Phi) is 5.94. The molecule has 8 nitrogen and oxygen atoms in total. The Morgan fingerprint density at radius 3 is 2.61 bits per heavy atom. The molecule has 2 fully saturated rings. The van der Waals surface area contributed by atoms with Gasteiger partial charge in [0.1, 0.15) is 12.8 Å². The predicted molar refractivity (Wildman–Crippen MR) is 143 cm³/mol. The summed E-state index contributed by atoms with van der Waals surface area (Å²) in [5.74, 6) is -0.0551. The van der Waals surface area contributed by atoms with Crippen LogP contribution in [0.1, 0.15) is 52.5 Å². The van der Waals surface area contributed by atoms with E-state index in [0.29, 0.717) is 19.6 Å². The lowest BCUT2D eigenvalue weighted by Crippen LogP contribution is -2.62. The highest BCUT2D eigenvalue weighted by atomic mass is 32.2. The second kappa shape index (κ2) is 9.48. The maximum Gasteiger partial charge on any atom is 0.278 e. The van der Waals surface area contributed by atoms with Crippen molar-refractivity contribution in [1.29, 1.82) is 0 Å². The average molecular weight is 532 g/mol. The molecule has 38 heavy (non-hydrogen) atoms. The van der Waals surface area contributed by atoms with Gasteiger partial charge in [-0.15, -0.1) is 11.8 Å². The van der Waals surface area contributed by atoms with Crippen LogP contribution in [0.4, 0.5) is 0 Å². The average Bonchev–Trinajstić information content (AvgIpc) is 3.77. The molecule has 3 aliphatic heterocycles. The Balaban J connectivity index is 1.40. The second-order valence-electron chi connectivity index (χ2n) is 10.3. The molecule has 0 radical (unpaired) electrons. The fourth-order valence-corrected chi connectivity index (χ4v) is 6.96. The van der Waals surface area contributed by atoms with Crippen LogP contribution < -0.4 is 10.4 Å². The van der Waals surface area contributed by atoms with Gasteiger partial charge >= 0.3 is 0 Å². The number of carbonyl (C=O) groups is 1. The summed E-state index contributed by atoms with van der Waals surface area (Å²) < 4.78 is 13.7. The molecule has 3 atom stereocenters. The van der Waals surface area contributed by atoms with Crippen molar-refractivity contribution in [3.05, 3.63) is 93.4 Å². The first-order valence-corrected chi connectivity index (χ1v) is 14.1. The van der Waals surface area contributed by atoms with Crippen molar-refractivity contribution < 1.29 is 19.4 Å². The standard InChI is InChI=1S/C29H29N3O5S/c33-23-11-13-31-27(28(23)34)29(35)30(22-12-14-36-15-24(22)37-19-9-10-19)17-32(31)26-20-6-2-1-5-18(20)16-38-25-8-4-3-7-21(25)26/h1-8,11,13,19,22,24,26,34H,9-10,12,14-17H2/t22?,24?,26-/m0/s1. The number of nitrogens with zero attached hydrogens (tertiary/aromatic N) is 3. The van der Waals surface area contributed by atoms with Gasteiger partial charge in [-0.1, -0.05) is 42.5 Å². The van der Waals surface area contributed by atoms with Crippen LogP contribution in [0.2, 0.25) is 0 Å². The number of ether oxygens (including phenoxy) is 2. The van der Waals surface area contributed by atoms with Crippen molar-refractivity contribution in [2.45, 2.75) is 54.2 Å². The van der Waals surface area contributed by atoms with Gasteiger partial charge in [-0.3, -0.25) is 19.3 Å². The zero-order chi connectivity index (χ0) is 25.8. The third kappa shape index (κ3) is 4.00. The Morgan fingerprint density at radius 1 is 0.974 bits per heavy atom. The normalized spacial score (nSPS) is 24.8. The summed E-state index contributed by atoms with van der Waals surface area (Å²) in [5.41, 5.74) is 2.91. The topological polar surface area (TPSA) is 84.2 Å². The lowest BCUT2D eigenvalue weighted by atomic mass is 9.94. The molecule has 0 spiro atoms. The molecule has 7 rings (SSSR count). The molecule has 9 heteroatoms. The van der Waals surface area contributed by atoms with E-state index in [1.165, 1.54) is 16.5 Å². The lowest BCUT2D eigenvalue weighted by molar-refractivity contribution is -0.0995. The highest BCUT2D eigenvalue weighted by molar-refractivity contribution is 7.98. The van der Waals surface area contributed by atoms with Crippen molar-refractivity contribution in [2.75, 3.05) is 24.9 Å². The molecule has 1 saturated heterocycles. The van der Waals surface area contributed by atoms with Gasteiger partial charge in [-0.25, -0.2) is 0 Å². The summed E-state index contributed by atoms with van der Waals surface area (Å²) in [6.45, 7) is 1.23. The zero-order valence-electron chi connectivity index (χ0n) is 20.9. The third-order valence-electron chi connectivity index (χ3n) is 7.90. The summed E-state index contributed by atoms with van der Waals surface area (Å²) in [6, 6.07) is 17.6. The Morgan fingerprint density at radius 2 is 1.76 bits per heavy atom. The summed E-state index contributed by atoms with van der Waals surface area (Å²) in [7, 11) is 0. The van der Waals surface area contributed by atoms with Gasteiger partial charge < -0.3 is 19.5 Å². The van der Waals surface area contributed by atoms with E-state index < -0.39 is 11.2 Å². The van der Waals surface area contributed by atoms with Crippen molar-refractivity contribution in [3.8, 4) is 5.75 Å². The van der Waals surface area contributed by atoms with Crippen LogP contribution in [0.5, 0.6) is 5.75 Å². The van der Waals surface area contributed by atoms with E-state index in [1.807, 2.05) is 18.2 Å². The number of thioether (sulfide) groups is 1. The van der Waals surface area contributed by atoms with E-state index in [1.54, 1.807) is 27.5 Å². The van der Waals surface area contributed by atoms with E-state index in [4.69, 9.17) is 9.47 Å². The van der Waals surface area contributed by atoms with Crippen molar-refractivity contribution in [1.82, 2.24) is 9.58 Å². The highest BCUT2D eigenvalue weighted by Gasteiger charge is 2.44. The zero-order valence-corrected chi connectivity index (χ0v) is 21.7. The molecule has 1 N–H and O–H groups in total. The van der Waals surface area contributed by atoms with Crippen LogP contribution in [0.15, 0.2) is 70.5 Å². The predicted octanol–water partition coefficient (Wildman–Crippen LogP) is 3.64. The molecule has 1 aromatic heterocycles. The number of rotatable bonds is 4. The van der Waals surface area contributed by atoms with Crippen LogP contribution in [0, 0.1) is 0 Å². The molecule has 3 aromatic rings. The number of aromatic hydroxyl groups is 1. The number of hydrogen-bond donors (Lipinski definition) is 1. The lowest BCUT2D eigenvalue weighted by Gasteiger charge is -2.48. The maximum absolute atomic E-state index is 14.0. The molecule has 1 aliphatic carbocycles. The first-order valence-electron chi connectivity index (χ1n) is 13.2. The summed E-state index contributed by atoms with van der Waals surface area (Å²) in [4.78, 5) is 29.5. The molecular weight excluding hydrogens is 502 g/mol. The van der Waals surface area contributed by atoms with Crippen LogP contribution in [-0.4, -0.2) is 58.7 Å². The Bertz CT molecular complexity index is 1410. The van der Waals surface area contributed by atoms with Gasteiger partial charge in [0.15, 0.2) is 11.4 Å². The number of aromatic nitrogens is 1. The summed E-state index contributed by atoms with van der Waals surface area (Å²) >= 11 is 1.80. The molecular formula is C29H29N3O5S. The summed E-state index contributed by atoms with van der Waals surface area (Å²) in [6.07, 6.45) is 4.24. The Hall–Kier alpha value is -3.27. The van der Waals surface area contributed by atoms with E-state index >= 15 is 0 Å². The monoisotopic (exact) mass is 531 g/mol. The molecule has 1 amide bonds. The minimum absolute atomic E-state index is 0.00715. The van der Waals surface area contributed by atoms with Gasteiger partial charge in [0.05, 0.1) is 24.8 Å². The molecule has 196 valence electrons. The number of carbonyl (C=O) groups excluding carboxylic acids is 1. The van der Waals surface area contributed by atoms with Crippen molar-refractivity contribution in [3.63, 3.8) is 0 Å². The number of hydrogen-bond acceptors (Lipinski definition) is 7. The number of pyridine rings is 1. The van der Waals surface area contributed by atoms with Gasteiger partial charge in [-0.05, 0) is 42.0 Å². The van der Waals surface area contributed by atoms with Crippen molar-refractivity contribution in [2.24, 2.45) is 0 Å². The maximum atomic E-state index is 14.0. The van der Waals surface area contributed by atoms with E-state index in [-0.39, 0.29) is 42.6 Å². The van der Waals surface area contributed by atoms with Gasteiger partial charge in [0.2, 0.25) is 5.43 Å². The molecule has 4 aliphatic rings. The first kappa shape index (κ1) is 23.8. The fourth-order valence-electron chi connectivity index (χ4n) is 5.87. The molecule has 4 heterocycles. The minimum atomic E-state index is -0.568. The van der Waals surface area contributed by atoms with E-state index in [2.05, 4.69) is 35.3 Å². The quantitative estimate of drug-likeness (QED) is 0.550. The third-order valence-corrected chi connectivity index (χ3v) is 9.04. The van der Waals surface area contributed by atoms with Crippen LogP contribution in [-0.2, 0) is 15.2 Å². The Labute approximate surface area is 224 Å². The second-order valence-corrected chi connectivity index (χ2v) is 11.3. The molecule has 0 bridgehead atoms. The van der Waals surface area contributed by atoms with E-state index in [0.717, 1.165) is 29.7 Å². The SMILES string of the molecule is O=C1c2c(O)c(=O)ccn2N([C@H]2c3ccccc3CSc3ccccc32)CN1C1CCOCC1OC1CC1. The van der Waals surface area contributed by atoms with Crippen LogP contribution >= 0.6 is 11.8 Å². The van der Waals surface area contributed by atoms with Crippen LogP contribution in [0.3, 0.4) is 0 Å². The molecule has 2 aromatic carbocycles. The van der Waals surface area contributed by atoms with Crippen molar-refractivity contribution >= 4 is 17.7 Å². The van der Waals surface area contributed by atoms with E-state index in [9.17, 15) is 14.7 Å². The van der Waals surface area contributed by atoms with Gasteiger partial charge in [-0.2, -0.15) is 0 Å². The van der Waals surface area contributed by atoms with Gasteiger partial charge in [0, 0.05) is 29.5 Å². The van der Waals surface area contributed by atoms with Crippen LogP contribution in [0.25, 0.3) is 0 Å². The fraction of sp³-hybridized carbons (Fsp3) is 0.379. The largest absolute Gasteiger partial charge is 0.502 e. The number of amides is 1. The highest BCUT2D eigenvalue weighted by Crippen LogP contribution is 2.43. The first-order chi connectivity index (χ1) is 18.6.